The monoisotopic (exact) mass is 338 g/mol. The first-order chi connectivity index (χ1) is 11.8. The Kier molecular flexibility index (Phi) is 5.18. The maximum absolute atomic E-state index is 5.45. The Bertz CT molecular complexity index is 879. The molecule has 3 aromatic rings. The normalized spacial score (nSPS) is 12.0. The third kappa shape index (κ3) is 3.97. The zero-order valence-corrected chi connectivity index (χ0v) is 14.4. The third-order valence-corrected chi connectivity index (χ3v) is 4.15. The molecule has 122 valence electrons. The average Bonchev–Trinajstić information content (AvgIpc) is 2.96. The summed E-state index contributed by atoms with van der Waals surface area (Å²) in [7, 11) is 0. The number of nitrogens with zero attached hydrogens (tertiary/aromatic N) is 4. The van der Waals surface area contributed by atoms with Crippen molar-refractivity contribution in [3.05, 3.63) is 70.2 Å². The van der Waals surface area contributed by atoms with Gasteiger partial charge < -0.3 is 4.74 Å². The molecule has 0 radical (unpaired) electrons. The predicted molar refractivity (Wildman–Crippen MR) is 97.1 cm³/mol. The SMILES string of the molecule is CCOc1ccc(N=c2scc(C)n2N=Cc2ccccn2)cc1. The zero-order chi connectivity index (χ0) is 16.8. The largest absolute Gasteiger partial charge is 0.494 e. The predicted octanol–water partition coefficient (Wildman–Crippen LogP) is 3.77. The van der Waals surface area contributed by atoms with Gasteiger partial charge in [-0.1, -0.05) is 6.07 Å². The van der Waals surface area contributed by atoms with Gasteiger partial charge in [0.2, 0.25) is 4.80 Å². The summed E-state index contributed by atoms with van der Waals surface area (Å²) in [5.74, 6) is 0.847. The third-order valence-electron chi connectivity index (χ3n) is 3.22. The summed E-state index contributed by atoms with van der Waals surface area (Å²) in [6.07, 6.45) is 3.48. The summed E-state index contributed by atoms with van der Waals surface area (Å²) in [5.41, 5.74) is 2.70. The molecule has 0 aliphatic heterocycles. The van der Waals surface area contributed by atoms with Crippen molar-refractivity contribution in [3.63, 3.8) is 0 Å². The van der Waals surface area contributed by atoms with Crippen LogP contribution < -0.4 is 9.54 Å². The highest BCUT2D eigenvalue weighted by Gasteiger charge is 2.00. The molecule has 0 aliphatic carbocycles. The van der Waals surface area contributed by atoms with Gasteiger partial charge in [0.15, 0.2) is 0 Å². The van der Waals surface area contributed by atoms with Gasteiger partial charge in [0.1, 0.15) is 5.75 Å². The van der Waals surface area contributed by atoms with Crippen molar-refractivity contribution in [1.82, 2.24) is 9.66 Å². The van der Waals surface area contributed by atoms with Crippen molar-refractivity contribution in [3.8, 4) is 5.75 Å². The second-order valence-corrected chi connectivity index (χ2v) is 5.85. The molecule has 5 nitrogen and oxygen atoms in total. The number of pyridine rings is 1. The van der Waals surface area contributed by atoms with E-state index in [1.165, 1.54) is 0 Å². The summed E-state index contributed by atoms with van der Waals surface area (Å²) in [6.45, 7) is 4.63. The van der Waals surface area contributed by atoms with E-state index in [4.69, 9.17) is 4.74 Å². The van der Waals surface area contributed by atoms with Gasteiger partial charge in [-0.15, -0.1) is 11.3 Å². The second-order valence-electron chi connectivity index (χ2n) is 5.01. The summed E-state index contributed by atoms with van der Waals surface area (Å²) >= 11 is 1.55. The second kappa shape index (κ2) is 7.70. The number of benzene rings is 1. The van der Waals surface area contributed by atoms with Crippen LogP contribution >= 0.6 is 11.3 Å². The molecule has 0 aliphatic rings. The molecule has 2 heterocycles. The van der Waals surface area contributed by atoms with E-state index in [1.54, 1.807) is 23.7 Å². The number of aromatic nitrogens is 2. The minimum absolute atomic E-state index is 0.656. The Morgan fingerprint density at radius 2 is 2.04 bits per heavy atom. The van der Waals surface area contributed by atoms with Gasteiger partial charge in [-0.3, -0.25) is 4.98 Å². The molecule has 0 atom stereocenters. The fraction of sp³-hybridized carbons (Fsp3) is 0.167. The topological polar surface area (TPSA) is 51.8 Å². The molecule has 2 aromatic heterocycles. The Hall–Kier alpha value is -2.73. The Labute approximate surface area is 144 Å². The van der Waals surface area contributed by atoms with Crippen LogP contribution in [0.2, 0.25) is 0 Å². The van der Waals surface area contributed by atoms with Crippen LogP contribution in [-0.4, -0.2) is 22.5 Å². The summed E-state index contributed by atoms with van der Waals surface area (Å²) in [5, 5.41) is 6.53. The van der Waals surface area contributed by atoms with Crippen molar-refractivity contribution in [1.29, 1.82) is 0 Å². The van der Waals surface area contributed by atoms with Crippen LogP contribution in [0.3, 0.4) is 0 Å². The quantitative estimate of drug-likeness (QED) is 0.665. The highest BCUT2D eigenvalue weighted by molar-refractivity contribution is 7.07. The molecule has 3 rings (SSSR count). The lowest BCUT2D eigenvalue weighted by molar-refractivity contribution is 0.340. The number of rotatable bonds is 5. The Morgan fingerprint density at radius 1 is 1.21 bits per heavy atom. The molecule has 24 heavy (non-hydrogen) atoms. The molecular weight excluding hydrogens is 320 g/mol. The standard InChI is InChI=1S/C18H18N4OS/c1-3-23-17-9-7-15(8-10-17)21-18-22(14(2)13-24-18)20-12-16-6-4-5-11-19-16/h4-13H,3H2,1-2H3. The first kappa shape index (κ1) is 16.1. The number of aryl methyl sites for hydroxylation is 1. The number of thiazole rings is 1. The van der Waals surface area contributed by atoms with E-state index in [-0.39, 0.29) is 0 Å². The lowest BCUT2D eigenvalue weighted by atomic mass is 10.3. The molecule has 0 unspecified atom stereocenters. The first-order valence-corrected chi connectivity index (χ1v) is 8.54. The number of hydrogen-bond acceptors (Lipinski definition) is 5. The van der Waals surface area contributed by atoms with Gasteiger partial charge >= 0.3 is 0 Å². The Morgan fingerprint density at radius 3 is 2.75 bits per heavy atom. The van der Waals surface area contributed by atoms with E-state index in [0.29, 0.717) is 6.61 Å². The number of ether oxygens (including phenoxy) is 1. The van der Waals surface area contributed by atoms with Crippen molar-refractivity contribution in [2.24, 2.45) is 10.1 Å². The highest BCUT2D eigenvalue weighted by Crippen LogP contribution is 2.17. The average molecular weight is 338 g/mol. The highest BCUT2D eigenvalue weighted by atomic mass is 32.1. The Balaban J connectivity index is 1.90. The molecular formula is C18H18N4OS. The van der Waals surface area contributed by atoms with Crippen LogP contribution in [0.1, 0.15) is 18.3 Å². The minimum Gasteiger partial charge on any atom is -0.494 e. The molecule has 0 amide bonds. The van der Waals surface area contributed by atoms with E-state index in [9.17, 15) is 0 Å². The lowest BCUT2D eigenvalue weighted by Crippen LogP contribution is -2.11. The van der Waals surface area contributed by atoms with Gasteiger partial charge in [-0.05, 0) is 50.2 Å². The van der Waals surface area contributed by atoms with Gasteiger partial charge in [-0.2, -0.15) is 5.10 Å². The molecule has 6 heteroatoms. The molecule has 0 bridgehead atoms. The summed E-state index contributed by atoms with van der Waals surface area (Å²) in [6, 6.07) is 13.4. The smallest absolute Gasteiger partial charge is 0.211 e. The van der Waals surface area contributed by atoms with Crippen LogP contribution in [-0.2, 0) is 0 Å². The van der Waals surface area contributed by atoms with Crippen molar-refractivity contribution >= 4 is 23.2 Å². The molecule has 0 saturated carbocycles. The molecule has 0 N–H and O–H groups in total. The maximum atomic E-state index is 5.45. The zero-order valence-electron chi connectivity index (χ0n) is 13.6. The molecule has 0 saturated heterocycles. The number of hydrogen-bond donors (Lipinski definition) is 0. The van der Waals surface area contributed by atoms with E-state index in [0.717, 1.165) is 27.6 Å². The van der Waals surface area contributed by atoms with Crippen molar-refractivity contribution in [2.75, 3.05) is 6.61 Å². The minimum atomic E-state index is 0.656. The fourth-order valence-corrected chi connectivity index (χ4v) is 2.89. The molecule has 0 fully saturated rings. The van der Waals surface area contributed by atoms with E-state index >= 15 is 0 Å². The van der Waals surface area contributed by atoms with Crippen LogP contribution in [0.4, 0.5) is 5.69 Å². The summed E-state index contributed by atoms with van der Waals surface area (Å²) in [4.78, 5) is 9.72. The fourth-order valence-electron chi connectivity index (χ4n) is 2.07. The first-order valence-electron chi connectivity index (χ1n) is 7.66. The van der Waals surface area contributed by atoms with E-state index < -0.39 is 0 Å². The maximum Gasteiger partial charge on any atom is 0.211 e. The van der Waals surface area contributed by atoms with Crippen molar-refractivity contribution in [2.45, 2.75) is 13.8 Å². The van der Waals surface area contributed by atoms with Gasteiger partial charge in [0.25, 0.3) is 0 Å². The van der Waals surface area contributed by atoms with Crippen LogP contribution in [0, 0.1) is 6.92 Å². The summed E-state index contributed by atoms with van der Waals surface area (Å²) < 4.78 is 7.27. The van der Waals surface area contributed by atoms with E-state index in [1.807, 2.05) is 66.4 Å². The van der Waals surface area contributed by atoms with Gasteiger partial charge in [0, 0.05) is 11.6 Å². The van der Waals surface area contributed by atoms with E-state index in [2.05, 4.69) is 15.1 Å². The van der Waals surface area contributed by atoms with Crippen molar-refractivity contribution < 1.29 is 4.74 Å². The van der Waals surface area contributed by atoms with Gasteiger partial charge in [-0.25, -0.2) is 9.67 Å². The molecule has 0 spiro atoms. The van der Waals surface area contributed by atoms with Gasteiger partial charge in [0.05, 0.1) is 29.9 Å². The lowest BCUT2D eigenvalue weighted by Gasteiger charge is -2.02. The van der Waals surface area contributed by atoms with Crippen LogP contribution in [0.25, 0.3) is 0 Å². The van der Waals surface area contributed by atoms with Crippen LogP contribution in [0.5, 0.6) is 5.75 Å². The van der Waals surface area contributed by atoms with Crippen LogP contribution in [0.15, 0.2) is 64.1 Å². The molecule has 1 aromatic carbocycles.